The molecular formula is C22H21ClFNO4S. The summed E-state index contributed by atoms with van der Waals surface area (Å²) in [5.74, 6) is -0.0888. The Kier molecular flexibility index (Phi) is 7.05. The Hall–Kier alpha value is -2.51. The molecule has 5 nitrogen and oxygen atoms in total. The molecule has 0 aliphatic carbocycles. The van der Waals surface area contributed by atoms with Crippen LogP contribution in [-0.4, -0.2) is 29.2 Å². The number of imide groups is 1. The van der Waals surface area contributed by atoms with Gasteiger partial charge in [0.05, 0.1) is 17.0 Å². The lowest BCUT2D eigenvalue weighted by Crippen LogP contribution is -2.36. The third kappa shape index (κ3) is 4.63. The lowest BCUT2D eigenvalue weighted by Gasteiger charge is -2.19. The van der Waals surface area contributed by atoms with Crippen molar-refractivity contribution in [2.45, 2.75) is 32.9 Å². The summed E-state index contributed by atoms with van der Waals surface area (Å²) in [5.41, 5.74) is 0.975. The molecule has 0 spiro atoms. The van der Waals surface area contributed by atoms with Crippen molar-refractivity contribution >= 4 is 40.6 Å². The monoisotopic (exact) mass is 449 g/mol. The Morgan fingerprint density at radius 2 is 2.00 bits per heavy atom. The maximum Gasteiger partial charge on any atom is 0.293 e. The van der Waals surface area contributed by atoms with Gasteiger partial charge in [-0.15, -0.1) is 0 Å². The number of amides is 2. The molecule has 1 saturated heterocycles. The largest absolute Gasteiger partial charge is 0.493 e. The zero-order valence-corrected chi connectivity index (χ0v) is 18.3. The molecule has 0 N–H and O–H groups in total. The fourth-order valence-corrected chi connectivity index (χ4v) is 4.13. The van der Waals surface area contributed by atoms with Crippen LogP contribution in [0.2, 0.25) is 5.02 Å². The van der Waals surface area contributed by atoms with E-state index in [0.717, 1.165) is 11.8 Å². The number of nitrogens with zero attached hydrogens (tertiary/aromatic N) is 1. The molecule has 1 aliphatic rings. The van der Waals surface area contributed by atoms with Crippen LogP contribution >= 0.6 is 23.4 Å². The quantitative estimate of drug-likeness (QED) is 0.492. The predicted molar refractivity (Wildman–Crippen MR) is 116 cm³/mol. The highest BCUT2D eigenvalue weighted by atomic mass is 35.5. The summed E-state index contributed by atoms with van der Waals surface area (Å²) in [7, 11) is 1.46. The maximum absolute atomic E-state index is 13.8. The van der Waals surface area contributed by atoms with Crippen molar-refractivity contribution in [3.63, 3.8) is 0 Å². The molecule has 3 rings (SSSR count). The molecule has 0 bridgehead atoms. The second-order valence-electron chi connectivity index (χ2n) is 6.72. The third-order valence-corrected chi connectivity index (χ3v) is 5.90. The van der Waals surface area contributed by atoms with Crippen LogP contribution in [-0.2, 0) is 11.4 Å². The van der Waals surface area contributed by atoms with E-state index in [4.69, 9.17) is 21.1 Å². The van der Waals surface area contributed by atoms with Crippen LogP contribution in [0.3, 0.4) is 0 Å². The van der Waals surface area contributed by atoms with Crippen molar-refractivity contribution in [1.29, 1.82) is 0 Å². The van der Waals surface area contributed by atoms with Crippen LogP contribution in [0, 0.1) is 5.82 Å². The molecule has 1 heterocycles. The van der Waals surface area contributed by atoms with Crippen LogP contribution in [0.4, 0.5) is 9.18 Å². The zero-order chi connectivity index (χ0) is 21.8. The van der Waals surface area contributed by atoms with Crippen LogP contribution in [0.1, 0.15) is 31.4 Å². The molecule has 1 atom stereocenters. The summed E-state index contributed by atoms with van der Waals surface area (Å²) < 4.78 is 24.9. The lowest BCUT2D eigenvalue weighted by molar-refractivity contribution is -0.124. The molecule has 8 heteroatoms. The molecule has 30 heavy (non-hydrogen) atoms. The molecule has 2 amide bonds. The minimum atomic E-state index is -0.374. The summed E-state index contributed by atoms with van der Waals surface area (Å²) in [6, 6.07) is 9.39. The summed E-state index contributed by atoms with van der Waals surface area (Å²) >= 11 is 7.27. The normalized spacial score (nSPS) is 16.3. The Balaban J connectivity index is 1.85. The van der Waals surface area contributed by atoms with E-state index in [-0.39, 0.29) is 40.4 Å². The van der Waals surface area contributed by atoms with Gasteiger partial charge in [0.2, 0.25) is 0 Å². The second-order valence-corrected chi connectivity index (χ2v) is 8.12. The van der Waals surface area contributed by atoms with Crippen molar-refractivity contribution in [1.82, 2.24) is 4.90 Å². The van der Waals surface area contributed by atoms with Gasteiger partial charge in [-0.3, -0.25) is 14.5 Å². The maximum atomic E-state index is 13.8. The Morgan fingerprint density at radius 3 is 2.67 bits per heavy atom. The number of methoxy groups -OCH3 is 1. The summed E-state index contributed by atoms with van der Waals surface area (Å²) in [6.45, 7) is 3.74. The van der Waals surface area contributed by atoms with Crippen molar-refractivity contribution in [2.24, 2.45) is 0 Å². The van der Waals surface area contributed by atoms with Crippen LogP contribution < -0.4 is 9.47 Å². The number of benzene rings is 2. The van der Waals surface area contributed by atoms with E-state index < -0.39 is 0 Å². The van der Waals surface area contributed by atoms with Gasteiger partial charge < -0.3 is 9.47 Å². The van der Waals surface area contributed by atoms with Gasteiger partial charge >= 0.3 is 0 Å². The first-order valence-electron chi connectivity index (χ1n) is 9.36. The number of hydrogen-bond acceptors (Lipinski definition) is 5. The van der Waals surface area contributed by atoms with Gasteiger partial charge in [-0.25, -0.2) is 4.39 Å². The van der Waals surface area contributed by atoms with E-state index in [1.54, 1.807) is 36.4 Å². The summed E-state index contributed by atoms with van der Waals surface area (Å²) in [5, 5.41) is -0.0402. The SMILES string of the molecule is CC[C@H](C)N1C(=O)S/C(=C/c2cc(Cl)c(OCc3ccccc3F)c(OC)c2)C1=O. The average molecular weight is 450 g/mol. The van der Waals surface area contributed by atoms with E-state index in [0.29, 0.717) is 28.2 Å². The first kappa shape index (κ1) is 22.2. The smallest absolute Gasteiger partial charge is 0.293 e. The van der Waals surface area contributed by atoms with E-state index in [1.807, 2.05) is 13.8 Å². The van der Waals surface area contributed by atoms with Crippen molar-refractivity contribution in [3.8, 4) is 11.5 Å². The molecule has 0 saturated carbocycles. The van der Waals surface area contributed by atoms with Crippen LogP contribution in [0.25, 0.3) is 6.08 Å². The van der Waals surface area contributed by atoms with E-state index in [2.05, 4.69) is 0 Å². The van der Waals surface area contributed by atoms with E-state index >= 15 is 0 Å². The Morgan fingerprint density at radius 1 is 1.27 bits per heavy atom. The molecular weight excluding hydrogens is 429 g/mol. The van der Waals surface area contributed by atoms with Crippen molar-refractivity contribution in [3.05, 3.63) is 63.3 Å². The highest BCUT2D eigenvalue weighted by molar-refractivity contribution is 8.18. The van der Waals surface area contributed by atoms with Crippen LogP contribution in [0.15, 0.2) is 41.3 Å². The minimum Gasteiger partial charge on any atom is -0.493 e. The lowest BCUT2D eigenvalue weighted by atomic mass is 10.1. The first-order chi connectivity index (χ1) is 14.3. The molecule has 0 radical (unpaired) electrons. The third-order valence-electron chi connectivity index (χ3n) is 4.73. The molecule has 0 aromatic heterocycles. The topological polar surface area (TPSA) is 55.8 Å². The average Bonchev–Trinajstić information content (AvgIpc) is 3.00. The predicted octanol–water partition coefficient (Wildman–Crippen LogP) is 5.90. The number of hydrogen-bond donors (Lipinski definition) is 0. The number of halogens is 2. The van der Waals surface area contributed by atoms with Crippen molar-refractivity contribution in [2.75, 3.05) is 7.11 Å². The number of carbonyl (C=O) groups excluding carboxylic acids is 2. The minimum absolute atomic E-state index is 0.0180. The molecule has 1 aliphatic heterocycles. The zero-order valence-electron chi connectivity index (χ0n) is 16.8. The highest BCUT2D eigenvalue weighted by Gasteiger charge is 2.37. The standard InChI is InChI=1S/C22H21ClFNO4S/c1-4-13(2)25-21(26)19(30-22(25)27)11-14-9-16(23)20(18(10-14)28-3)29-12-15-7-5-6-8-17(15)24/h5-11,13H,4,12H2,1-3H3/b19-11+/t13-/m0/s1. The van der Waals surface area contributed by atoms with Crippen LogP contribution in [0.5, 0.6) is 11.5 Å². The van der Waals surface area contributed by atoms with Gasteiger partial charge in [-0.2, -0.15) is 0 Å². The number of thioether (sulfide) groups is 1. The Bertz CT molecular complexity index is 1010. The Labute approximate surface area is 183 Å². The van der Waals surface area contributed by atoms with Gasteiger partial charge in [-0.1, -0.05) is 36.7 Å². The first-order valence-corrected chi connectivity index (χ1v) is 10.6. The molecule has 0 unspecified atom stereocenters. The van der Waals surface area contributed by atoms with Gasteiger partial charge in [0.25, 0.3) is 11.1 Å². The molecule has 158 valence electrons. The summed E-state index contributed by atoms with van der Waals surface area (Å²) in [6.07, 6.45) is 2.28. The summed E-state index contributed by atoms with van der Waals surface area (Å²) in [4.78, 5) is 26.4. The van der Waals surface area contributed by atoms with Crippen molar-refractivity contribution < 1.29 is 23.5 Å². The van der Waals surface area contributed by atoms with E-state index in [1.165, 1.54) is 18.1 Å². The number of ether oxygens (including phenoxy) is 2. The van der Waals surface area contributed by atoms with E-state index in [9.17, 15) is 14.0 Å². The number of carbonyl (C=O) groups is 2. The molecule has 2 aromatic rings. The van der Waals surface area contributed by atoms with Gasteiger partial charge in [0.15, 0.2) is 11.5 Å². The molecule has 1 fully saturated rings. The fraction of sp³-hybridized carbons (Fsp3) is 0.273. The van der Waals surface area contributed by atoms with Gasteiger partial charge in [0.1, 0.15) is 12.4 Å². The van der Waals surface area contributed by atoms with Gasteiger partial charge in [0, 0.05) is 11.6 Å². The highest BCUT2D eigenvalue weighted by Crippen LogP contribution is 2.39. The van der Waals surface area contributed by atoms with Gasteiger partial charge in [-0.05, 0) is 54.9 Å². The second kappa shape index (κ2) is 9.53. The number of rotatable bonds is 7. The fourth-order valence-electron chi connectivity index (χ4n) is 2.92. The molecule has 2 aromatic carbocycles.